The van der Waals surface area contributed by atoms with Crippen LogP contribution < -0.4 is 4.74 Å². The number of fused-ring (bicyclic) bond motifs is 1. The van der Waals surface area contributed by atoms with E-state index in [9.17, 15) is 4.79 Å². The fraction of sp³-hybridized carbons (Fsp3) is 0.111. The number of benzene rings is 2. The van der Waals surface area contributed by atoms with E-state index in [0.717, 1.165) is 5.52 Å². The Morgan fingerprint density at radius 3 is 2.80 bits per heavy atom. The Bertz CT molecular complexity index is 887. The lowest BCUT2D eigenvalue weighted by atomic mass is 10.3. The Kier molecular flexibility index (Phi) is 5.58. The number of esters is 1. The molecule has 0 fully saturated rings. The molecule has 1 aromatic heterocycles. The van der Waals surface area contributed by atoms with Crippen molar-refractivity contribution in [1.82, 2.24) is 4.98 Å². The Morgan fingerprint density at radius 2 is 2.00 bits per heavy atom. The average molecular weight is 378 g/mol. The Labute approximate surface area is 153 Å². The van der Waals surface area contributed by atoms with E-state index in [2.05, 4.69) is 4.98 Å². The molecule has 0 bridgehead atoms. The molecule has 0 spiro atoms. The highest BCUT2D eigenvalue weighted by Crippen LogP contribution is 2.27. The van der Waals surface area contributed by atoms with Crippen LogP contribution in [0.2, 0.25) is 10.0 Å². The van der Waals surface area contributed by atoms with Crippen molar-refractivity contribution in [3.63, 3.8) is 0 Å². The Balaban J connectivity index is 1.46. The fourth-order valence-corrected chi connectivity index (χ4v) is 2.50. The normalized spacial score (nSPS) is 11.1. The van der Waals surface area contributed by atoms with Crippen molar-refractivity contribution in [2.75, 3.05) is 13.2 Å². The van der Waals surface area contributed by atoms with Gasteiger partial charge in [-0.3, -0.25) is 0 Å². The second-order valence-electron chi connectivity index (χ2n) is 4.94. The second-order valence-corrected chi connectivity index (χ2v) is 5.79. The van der Waals surface area contributed by atoms with Crippen LogP contribution in [0.15, 0.2) is 53.0 Å². The first kappa shape index (κ1) is 17.3. The molecule has 0 atom stereocenters. The van der Waals surface area contributed by atoms with Crippen LogP contribution in [0.5, 0.6) is 5.75 Å². The number of carbonyl (C=O) groups excluding carboxylic acids is 1. The molecule has 0 radical (unpaired) electrons. The summed E-state index contributed by atoms with van der Waals surface area (Å²) in [6.07, 6.45) is 2.71. The summed E-state index contributed by atoms with van der Waals surface area (Å²) in [7, 11) is 0. The molecule has 0 aliphatic carbocycles. The number of halogens is 2. The van der Waals surface area contributed by atoms with E-state index in [-0.39, 0.29) is 13.2 Å². The van der Waals surface area contributed by atoms with Gasteiger partial charge in [0.25, 0.3) is 0 Å². The summed E-state index contributed by atoms with van der Waals surface area (Å²) in [5, 5.41) is 0.919. The van der Waals surface area contributed by atoms with Gasteiger partial charge in [-0.25, -0.2) is 9.78 Å². The predicted molar refractivity (Wildman–Crippen MR) is 96.0 cm³/mol. The maximum absolute atomic E-state index is 11.7. The van der Waals surface area contributed by atoms with E-state index in [1.165, 1.54) is 12.2 Å². The SMILES string of the molecule is O=C(/C=C/c1nc2ccccc2o1)OCCOc1ccc(Cl)cc1Cl. The maximum Gasteiger partial charge on any atom is 0.331 e. The molecule has 0 unspecified atom stereocenters. The minimum atomic E-state index is -0.520. The number of para-hydroxylation sites is 2. The second kappa shape index (κ2) is 8.05. The molecule has 7 heteroatoms. The number of rotatable bonds is 6. The van der Waals surface area contributed by atoms with Gasteiger partial charge in [0, 0.05) is 17.2 Å². The minimum Gasteiger partial charge on any atom is -0.488 e. The first-order valence-corrected chi connectivity index (χ1v) is 8.16. The van der Waals surface area contributed by atoms with Gasteiger partial charge in [0.15, 0.2) is 5.58 Å². The monoisotopic (exact) mass is 377 g/mol. The van der Waals surface area contributed by atoms with Gasteiger partial charge in [-0.05, 0) is 30.3 Å². The van der Waals surface area contributed by atoms with Crippen LogP contribution in [0.1, 0.15) is 5.89 Å². The van der Waals surface area contributed by atoms with Crippen LogP contribution in [0, 0.1) is 0 Å². The Hall–Kier alpha value is -2.50. The Morgan fingerprint density at radius 1 is 1.16 bits per heavy atom. The molecule has 1 heterocycles. The average Bonchev–Trinajstić information content (AvgIpc) is 3.01. The van der Waals surface area contributed by atoms with E-state index in [1.807, 2.05) is 18.2 Å². The smallest absolute Gasteiger partial charge is 0.331 e. The summed E-state index contributed by atoms with van der Waals surface area (Å²) in [4.78, 5) is 15.9. The molecule has 3 rings (SSSR count). The van der Waals surface area contributed by atoms with E-state index < -0.39 is 5.97 Å². The largest absolute Gasteiger partial charge is 0.488 e. The van der Waals surface area contributed by atoms with Crippen molar-refractivity contribution in [2.24, 2.45) is 0 Å². The van der Waals surface area contributed by atoms with Crippen LogP contribution in [0.3, 0.4) is 0 Å². The van der Waals surface area contributed by atoms with Crippen LogP contribution >= 0.6 is 23.2 Å². The number of oxazole rings is 1. The van der Waals surface area contributed by atoms with Crippen LogP contribution in [0.25, 0.3) is 17.2 Å². The van der Waals surface area contributed by atoms with Gasteiger partial charge in [-0.1, -0.05) is 35.3 Å². The molecule has 128 valence electrons. The number of nitrogens with zero attached hydrogens (tertiary/aromatic N) is 1. The van der Waals surface area contributed by atoms with E-state index in [1.54, 1.807) is 24.3 Å². The molecule has 2 aromatic carbocycles. The summed E-state index contributed by atoms with van der Waals surface area (Å²) < 4.78 is 15.9. The van der Waals surface area contributed by atoms with Gasteiger partial charge in [0.1, 0.15) is 24.5 Å². The number of ether oxygens (including phenoxy) is 2. The number of carbonyl (C=O) groups is 1. The number of hydrogen-bond donors (Lipinski definition) is 0. The first-order chi connectivity index (χ1) is 12.1. The molecule has 3 aromatic rings. The molecule has 0 aliphatic rings. The number of aromatic nitrogens is 1. The standard InChI is InChI=1S/C18H13Cl2NO4/c19-12-5-6-15(13(20)11-12)23-9-10-24-18(22)8-7-17-21-14-3-1-2-4-16(14)25-17/h1-8,11H,9-10H2/b8-7+. The fourth-order valence-electron chi connectivity index (χ4n) is 2.03. The van der Waals surface area contributed by atoms with Crippen molar-refractivity contribution >= 4 is 46.3 Å². The zero-order valence-corrected chi connectivity index (χ0v) is 14.5. The third-order valence-electron chi connectivity index (χ3n) is 3.15. The molecular weight excluding hydrogens is 365 g/mol. The lowest BCUT2D eigenvalue weighted by molar-refractivity contribution is -0.138. The lowest BCUT2D eigenvalue weighted by Gasteiger charge is -2.08. The first-order valence-electron chi connectivity index (χ1n) is 7.40. The van der Waals surface area contributed by atoms with Crippen molar-refractivity contribution in [1.29, 1.82) is 0 Å². The van der Waals surface area contributed by atoms with Gasteiger partial charge in [-0.2, -0.15) is 0 Å². The van der Waals surface area contributed by atoms with Gasteiger partial charge in [-0.15, -0.1) is 0 Å². The van der Waals surface area contributed by atoms with E-state index in [4.69, 9.17) is 37.1 Å². The van der Waals surface area contributed by atoms with E-state index in [0.29, 0.717) is 27.3 Å². The van der Waals surface area contributed by atoms with Gasteiger partial charge in [0.05, 0.1) is 5.02 Å². The van der Waals surface area contributed by atoms with Crippen molar-refractivity contribution < 1.29 is 18.7 Å². The predicted octanol–water partition coefficient (Wildman–Crippen LogP) is 4.77. The quantitative estimate of drug-likeness (QED) is 0.351. The van der Waals surface area contributed by atoms with E-state index >= 15 is 0 Å². The minimum absolute atomic E-state index is 0.0791. The van der Waals surface area contributed by atoms with Crippen LogP contribution in [-0.4, -0.2) is 24.2 Å². The lowest BCUT2D eigenvalue weighted by Crippen LogP contribution is -2.10. The summed E-state index contributed by atoms with van der Waals surface area (Å²) in [5.41, 5.74) is 1.38. The van der Waals surface area contributed by atoms with Crippen LogP contribution in [0.4, 0.5) is 0 Å². The zero-order valence-electron chi connectivity index (χ0n) is 12.9. The maximum atomic E-state index is 11.7. The van der Waals surface area contributed by atoms with Crippen LogP contribution in [-0.2, 0) is 9.53 Å². The molecule has 0 saturated heterocycles. The topological polar surface area (TPSA) is 61.6 Å². The molecule has 0 N–H and O–H groups in total. The molecule has 0 aliphatic heterocycles. The highest BCUT2D eigenvalue weighted by Gasteiger charge is 2.05. The molecular formula is C18H13Cl2NO4. The summed E-state index contributed by atoms with van der Waals surface area (Å²) >= 11 is 11.8. The zero-order chi connectivity index (χ0) is 17.6. The van der Waals surface area contributed by atoms with Gasteiger partial charge < -0.3 is 13.9 Å². The van der Waals surface area contributed by atoms with Crippen molar-refractivity contribution in [3.05, 3.63) is 64.5 Å². The highest BCUT2D eigenvalue weighted by atomic mass is 35.5. The van der Waals surface area contributed by atoms with Crippen molar-refractivity contribution in [3.8, 4) is 5.75 Å². The van der Waals surface area contributed by atoms with Gasteiger partial charge >= 0.3 is 5.97 Å². The molecule has 5 nitrogen and oxygen atoms in total. The van der Waals surface area contributed by atoms with Gasteiger partial charge in [0.2, 0.25) is 5.89 Å². The third-order valence-corrected chi connectivity index (χ3v) is 3.68. The highest BCUT2D eigenvalue weighted by molar-refractivity contribution is 6.35. The third kappa shape index (κ3) is 4.75. The number of hydrogen-bond acceptors (Lipinski definition) is 5. The molecule has 25 heavy (non-hydrogen) atoms. The molecule has 0 saturated carbocycles. The van der Waals surface area contributed by atoms with Crippen molar-refractivity contribution in [2.45, 2.75) is 0 Å². The molecule has 0 amide bonds. The summed E-state index contributed by atoms with van der Waals surface area (Å²) in [6.45, 7) is 0.250. The summed E-state index contributed by atoms with van der Waals surface area (Å²) in [6, 6.07) is 12.2. The summed E-state index contributed by atoms with van der Waals surface area (Å²) in [5.74, 6) is 0.291.